The first kappa shape index (κ1) is 20.1. The van der Waals surface area contributed by atoms with Crippen molar-refractivity contribution in [1.82, 2.24) is 10.0 Å². The molecule has 1 aromatic carbocycles. The van der Waals surface area contributed by atoms with E-state index in [1.54, 1.807) is 13.8 Å². The normalized spacial score (nSPS) is 15.3. The molecule has 134 valence electrons. The number of carboxylic acids is 1. The first-order valence-corrected chi connectivity index (χ1v) is 9.22. The summed E-state index contributed by atoms with van der Waals surface area (Å²) in [5.74, 6) is -1.70. The highest BCUT2D eigenvalue weighted by Gasteiger charge is 2.33. The Hall–Kier alpha value is -1.93. The van der Waals surface area contributed by atoms with Crippen LogP contribution in [0.15, 0.2) is 29.2 Å². The van der Waals surface area contributed by atoms with Crippen LogP contribution < -0.4 is 10.0 Å². The average molecular weight is 356 g/mol. The van der Waals surface area contributed by atoms with Gasteiger partial charge in [-0.1, -0.05) is 13.8 Å². The predicted molar refractivity (Wildman–Crippen MR) is 90.3 cm³/mol. The summed E-state index contributed by atoms with van der Waals surface area (Å²) in [4.78, 5) is 23.5. The summed E-state index contributed by atoms with van der Waals surface area (Å²) >= 11 is 0. The standard InChI is InChI=1S/C16H24N2O5S/c1-5-11(3)18-24(22,23)13-9-7-12(8-10-13)14(19)17-16(4,6-2)15(20)21/h7-11,18H,5-6H2,1-4H3,(H,17,19)(H,20,21). The van der Waals surface area contributed by atoms with Gasteiger partial charge in [-0.25, -0.2) is 17.9 Å². The molecule has 1 amide bonds. The SMILES string of the molecule is CCC(C)NS(=O)(=O)c1ccc(C(=O)NC(C)(CC)C(=O)O)cc1. The van der Waals surface area contributed by atoms with Gasteiger partial charge in [0, 0.05) is 11.6 Å². The van der Waals surface area contributed by atoms with Crippen molar-refractivity contribution < 1.29 is 23.1 Å². The number of nitrogens with one attached hydrogen (secondary N) is 2. The molecule has 0 spiro atoms. The van der Waals surface area contributed by atoms with E-state index in [4.69, 9.17) is 0 Å². The minimum absolute atomic E-state index is 0.0517. The van der Waals surface area contributed by atoms with Gasteiger partial charge in [0.15, 0.2) is 0 Å². The fourth-order valence-electron chi connectivity index (χ4n) is 1.82. The number of hydrogen-bond acceptors (Lipinski definition) is 4. The molecule has 0 aliphatic heterocycles. The Balaban J connectivity index is 2.95. The number of carbonyl (C=O) groups is 2. The van der Waals surface area contributed by atoms with Crippen molar-refractivity contribution >= 4 is 21.9 Å². The van der Waals surface area contributed by atoms with E-state index in [1.165, 1.54) is 31.2 Å². The molecule has 0 aliphatic carbocycles. The van der Waals surface area contributed by atoms with Gasteiger partial charge in [-0.2, -0.15) is 0 Å². The number of sulfonamides is 1. The van der Waals surface area contributed by atoms with Crippen LogP contribution in [0, 0.1) is 0 Å². The summed E-state index contributed by atoms with van der Waals surface area (Å²) in [6.45, 7) is 6.71. The van der Waals surface area contributed by atoms with Crippen molar-refractivity contribution in [3.05, 3.63) is 29.8 Å². The van der Waals surface area contributed by atoms with Crippen LogP contribution in [0.25, 0.3) is 0 Å². The van der Waals surface area contributed by atoms with Gasteiger partial charge in [-0.05, 0) is 51.0 Å². The second-order valence-electron chi connectivity index (χ2n) is 5.90. The lowest BCUT2D eigenvalue weighted by Crippen LogP contribution is -2.51. The summed E-state index contributed by atoms with van der Waals surface area (Å²) < 4.78 is 26.8. The second-order valence-corrected chi connectivity index (χ2v) is 7.61. The number of carbonyl (C=O) groups excluding carboxylic acids is 1. The van der Waals surface area contributed by atoms with Gasteiger partial charge in [0.1, 0.15) is 5.54 Å². The number of hydrogen-bond donors (Lipinski definition) is 3. The molecule has 8 heteroatoms. The molecule has 2 atom stereocenters. The number of carboxylic acid groups (broad SMARTS) is 1. The maximum atomic E-state index is 12.2. The Kier molecular flexibility index (Phi) is 6.50. The van der Waals surface area contributed by atoms with Crippen molar-refractivity contribution in [2.24, 2.45) is 0 Å². The van der Waals surface area contributed by atoms with Gasteiger partial charge in [-0.15, -0.1) is 0 Å². The number of rotatable bonds is 8. The quantitative estimate of drug-likeness (QED) is 0.657. The van der Waals surface area contributed by atoms with Gasteiger partial charge in [-0.3, -0.25) is 4.79 Å². The molecule has 0 saturated carbocycles. The monoisotopic (exact) mass is 356 g/mol. The molecule has 0 bridgehead atoms. The first-order chi connectivity index (χ1) is 11.1. The average Bonchev–Trinajstić information content (AvgIpc) is 2.54. The molecular formula is C16H24N2O5S. The van der Waals surface area contributed by atoms with Crippen molar-refractivity contribution in [2.75, 3.05) is 0 Å². The molecule has 2 unspecified atom stereocenters. The Morgan fingerprint density at radius 2 is 1.75 bits per heavy atom. The maximum Gasteiger partial charge on any atom is 0.329 e. The summed E-state index contributed by atoms with van der Waals surface area (Å²) in [5, 5.41) is 11.6. The fraction of sp³-hybridized carbons (Fsp3) is 0.500. The molecule has 1 rings (SSSR count). The van der Waals surface area contributed by atoms with Crippen LogP contribution in [0.4, 0.5) is 0 Å². The molecule has 0 fully saturated rings. The van der Waals surface area contributed by atoms with Gasteiger partial charge < -0.3 is 10.4 Å². The molecule has 0 aromatic heterocycles. The van der Waals surface area contributed by atoms with Crippen LogP contribution in [-0.4, -0.2) is 37.0 Å². The Labute approximate surface area is 142 Å². The molecule has 0 aliphatic rings. The third-order valence-electron chi connectivity index (χ3n) is 3.96. The van der Waals surface area contributed by atoms with Gasteiger partial charge >= 0.3 is 5.97 Å². The van der Waals surface area contributed by atoms with Crippen molar-refractivity contribution in [1.29, 1.82) is 0 Å². The van der Waals surface area contributed by atoms with E-state index in [-0.39, 0.29) is 22.9 Å². The maximum absolute atomic E-state index is 12.2. The third kappa shape index (κ3) is 4.78. The highest BCUT2D eigenvalue weighted by Crippen LogP contribution is 2.14. The Bertz CT molecular complexity index is 700. The summed E-state index contributed by atoms with van der Waals surface area (Å²) in [6.07, 6.45) is 0.879. The van der Waals surface area contributed by atoms with E-state index in [0.717, 1.165) is 0 Å². The lowest BCUT2D eigenvalue weighted by molar-refractivity contribution is -0.143. The van der Waals surface area contributed by atoms with E-state index in [1.807, 2.05) is 6.92 Å². The van der Waals surface area contributed by atoms with Crippen molar-refractivity contribution in [2.45, 2.75) is 57.0 Å². The van der Waals surface area contributed by atoms with E-state index in [0.29, 0.717) is 6.42 Å². The van der Waals surface area contributed by atoms with Crippen molar-refractivity contribution in [3.8, 4) is 0 Å². The molecule has 3 N–H and O–H groups in total. The molecular weight excluding hydrogens is 332 g/mol. The largest absolute Gasteiger partial charge is 0.480 e. The number of aliphatic carboxylic acids is 1. The highest BCUT2D eigenvalue weighted by atomic mass is 32.2. The smallest absolute Gasteiger partial charge is 0.329 e. The summed E-state index contributed by atoms with van der Waals surface area (Å²) in [5.41, 5.74) is -1.18. The molecule has 0 radical (unpaired) electrons. The predicted octanol–water partition coefficient (Wildman–Crippen LogP) is 1.75. The van der Waals surface area contributed by atoms with Gasteiger partial charge in [0.25, 0.3) is 5.91 Å². The van der Waals surface area contributed by atoms with Gasteiger partial charge in [0.2, 0.25) is 10.0 Å². The zero-order valence-corrected chi connectivity index (χ0v) is 15.1. The lowest BCUT2D eigenvalue weighted by atomic mass is 9.98. The minimum atomic E-state index is -3.64. The minimum Gasteiger partial charge on any atom is -0.480 e. The zero-order valence-electron chi connectivity index (χ0n) is 14.3. The van der Waals surface area contributed by atoms with E-state index in [2.05, 4.69) is 10.0 Å². The van der Waals surface area contributed by atoms with E-state index < -0.39 is 27.4 Å². The van der Waals surface area contributed by atoms with Crippen molar-refractivity contribution in [3.63, 3.8) is 0 Å². The number of amides is 1. The fourth-order valence-corrected chi connectivity index (χ4v) is 3.14. The summed E-state index contributed by atoms with van der Waals surface area (Å²) in [6, 6.07) is 5.17. The molecule has 1 aromatic rings. The van der Waals surface area contributed by atoms with E-state index in [9.17, 15) is 23.1 Å². The molecule has 0 saturated heterocycles. The van der Waals surface area contributed by atoms with Crippen LogP contribution in [0.2, 0.25) is 0 Å². The Morgan fingerprint density at radius 3 is 2.17 bits per heavy atom. The van der Waals surface area contributed by atoms with Crippen LogP contribution in [0.5, 0.6) is 0 Å². The van der Waals surface area contributed by atoms with Crippen LogP contribution in [0.1, 0.15) is 50.9 Å². The molecule has 24 heavy (non-hydrogen) atoms. The summed E-state index contributed by atoms with van der Waals surface area (Å²) in [7, 11) is -3.64. The molecule has 7 nitrogen and oxygen atoms in total. The lowest BCUT2D eigenvalue weighted by Gasteiger charge is -2.24. The topological polar surface area (TPSA) is 113 Å². The third-order valence-corrected chi connectivity index (χ3v) is 5.57. The second kappa shape index (κ2) is 7.76. The van der Waals surface area contributed by atoms with Crippen LogP contribution in [0.3, 0.4) is 0 Å². The first-order valence-electron chi connectivity index (χ1n) is 7.74. The van der Waals surface area contributed by atoms with Crippen LogP contribution in [-0.2, 0) is 14.8 Å². The number of benzene rings is 1. The van der Waals surface area contributed by atoms with Crippen LogP contribution >= 0.6 is 0 Å². The Morgan fingerprint density at radius 1 is 1.21 bits per heavy atom. The highest BCUT2D eigenvalue weighted by molar-refractivity contribution is 7.89. The zero-order chi connectivity index (χ0) is 18.5. The van der Waals surface area contributed by atoms with E-state index >= 15 is 0 Å². The van der Waals surface area contributed by atoms with Gasteiger partial charge in [0.05, 0.1) is 4.90 Å². The molecule has 0 heterocycles.